The predicted molar refractivity (Wildman–Crippen MR) is 124 cm³/mol. The van der Waals surface area contributed by atoms with Gasteiger partial charge >= 0.3 is 19.2 Å². The minimum atomic E-state index is -5.85. The van der Waals surface area contributed by atoms with E-state index in [2.05, 4.69) is 0 Å². The molecule has 0 spiro atoms. The van der Waals surface area contributed by atoms with Crippen LogP contribution in [0.1, 0.15) is 27.0 Å². The van der Waals surface area contributed by atoms with Crippen LogP contribution in [0.4, 0.5) is 8.78 Å². The van der Waals surface area contributed by atoms with E-state index in [0.29, 0.717) is 5.56 Å². The summed E-state index contributed by atoms with van der Waals surface area (Å²) in [5.74, 6) is -1.15. The molecule has 3 N–H and O–H groups in total. The maximum atomic E-state index is 14.1. The van der Waals surface area contributed by atoms with Gasteiger partial charge < -0.3 is 14.9 Å². The van der Waals surface area contributed by atoms with E-state index in [1.165, 1.54) is 48.5 Å². The van der Waals surface area contributed by atoms with Crippen molar-refractivity contribution in [2.75, 3.05) is 0 Å². The molecule has 3 rings (SSSR count). The second-order valence-corrected chi connectivity index (χ2v) is 11.5. The largest absolute Gasteiger partial charge is 0.478 e. The fourth-order valence-corrected chi connectivity index (χ4v) is 5.52. The molecule has 0 aromatic heterocycles. The zero-order chi connectivity index (χ0) is 26.0. The minimum absolute atomic E-state index is 0.0135. The van der Waals surface area contributed by atoms with Crippen LogP contribution in [0, 0.1) is 0 Å². The molecule has 8 nitrogen and oxygen atoms in total. The molecule has 0 aliphatic rings. The molecule has 0 bridgehead atoms. The van der Waals surface area contributed by atoms with Gasteiger partial charge in [-0.3, -0.25) is 4.57 Å². The van der Waals surface area contributed by atoms with Gasteiger partial charge in [0, 0.05) is 13.1 Å². The molecule has 13 heteroatoms. The number of carboxylic acid groups (broad SMARTS) is 1. The fourth-order valence-electron chi connectivity index (χ4n) is 3.19. The van der Waals surface area contributed by atoms with Gasteiger partial charge in [0.15, 0.2) is 0 Å². The molecule has 186 valence electrons. The highest BCUT2D eigenvalue weighted by Gasteiger charge is 2.51. The molecule has 3 aromatic rings. The number of hydrogen-bond acceptors (Lipinski definition) is 4. The number of hydrogen-bond donors (Lipinski definition) is 3. The topological polar surface area (TPSA) is 132 Å². The van der Waals surface area contributed by atoms with Gasteiger partial charge in [0.1, 0.15) is 0 Å². The lowest BCUT2D eigenvalue weighted by atomic mass is 10.1. The first kappa shape index (κ1) is 26.9. The molecule has 0 aliphatic heterocycles. The van der Waals surface area contributed by atoms with E-state index in [9.17, 15) is 26.6 Å². The summed E-state index contributed by atoms with van der Waals surface area (Å²) >= 11 is 5.90. The molecule has 3 aromatic carbocycles. The number of nitrogens with zero attached hydrogens (tertiary/aromatic N) is 1. The molecule has 0 fully saturated rings. The molecule has 0 atom stereocenters. The fraction of sp³-hybridized carbons (Fsp3) is 0.136. The van der Waals surface area contributed by atoms with Gasteiger partial charge in [-0.25, -0.2) is 13.2 Å². The number of halogens is 3. The molecule has 0 saturated heterocycles. The molecular weight excluding hydrogens is 527 g/mol. The quantitative estimate of drug-likeness (QED) is 0.333. The van der Waals surface area contributed by atoms with Gasteiger partial charge in [-0.2, -0.15) is 13.1 Å². The molecular formula is C22H19ClF2NO7PS. The first-order chi connectivity index (χ1) is 16.2. The van der Waals surface area contributed by atoms with Crippen LogP contribution in [0.2, 0.25) is 5.02 Å². The third kappa shape index (κ3) is 5.95. The van der Waals surface area contributed by atoms with Crippen molar-refractivity contribution in [2.24, 2.45) is 0 Å². The summed E-state index contributed by atoms with van der Waals surface area (Å²) in [6, 6.07) is 15.9. The lowest BCUT2D eigenvalue weighted by Gasteiger charge is -2.24. The lowest BCUT2D eigenvalue weighted by Crippen LogP contribution is -2.30. The Morgan fingerprint density at radius 1 is 0.943 bits per heavy atom. The third-order valence-corrected chi connectivity index (χ3v) is 8.11. The maximum Gasteiger partial charge on any atom is 0.399 e. The number of carboxylic acids is 1. The van der Waals surface area contributed by atoms with Crippen molar-refractivity contribution in [3.05, 3.63) is 100 Å². The zero-order valence-electron chi connectivity index (χ0n) is 17.8. The van der Waals surface area contributed by atoms with Crippen molar-refractivity contribution >= 4 is 35.2 Å². The number of alkyl halides is 2. The smallest absolute Gasteiger partial charge is 0.399 e. The van der Waals surface area contributed by atoms with Crippen LogP contribution in [0.5, 0.6) is 0 Å². The van der Waals surface area contributed by atoms with Crippen LogP contribution in [0.15, 0.2) is 77.7 Å². The van der Waals surface area contributed by atoms with Crippen LogP contribution < -0.4 is 0 Å². The molecule has 0 aliphatic carbocycles. The SMILES string of the molecule is O=C(O)c1ccc(CN(Cc2ccc(C(F)(F)P(=O)(O)O)c(Cl)c2)S(=O)(=O)c2ccccc2)cc1. The predicted octanol–water partition coefficient (Wildman–Crippen LogP) is 4.66. The number of rotatable bonds is 9. The van der Waals surface area contributed by atoms with E-state index in [4.69, 9.17) is 26.5 Å². The Morgan fingerprint density at radius 2 is 1.49 bits per heavy atom. The van der Waals surface area contributed by atoms with Crippen LogP contribution in [0.25, 0.3) is 0 Å². The minimum Gasteiger partial charge on any atom is -0.478 e. The Kier molecular flexibility index (Phi) is 7.80. The Labute approximate surface area is 204 Å². The second-order valence-electron chi connectivity index (χ2n) is 7.49. The monoisotopic (exact) mass is 545 g/mol. The van der Waals surface area contributed by atoms with Gasteiger partial charge in [-0.15, -0.1) is 0 Å². The van der Waals surface area contributed by atoms with Crippen molar-refractivity contribution in [1.82, 2.24) is 4.31 Å². The van der Waals surface area contributed by atoms with Crippen LogP contribution in [0.3, 0.4) is 0 Å². The normalized spacial score (nSPS) is 12.6. The van der Waals surface area contributed by atoms with E-state index < -0.39 is 39.8 Å². The number of aromatic carboxylic acids is 1. The average Bonchev–Trinajstić information content (AvgIpc) is 2.78. The Morgan fingerprint density at radius 3 is 2.00 bits per heavy atom. The summed E-state index contributed by atoms with van der Waals surface area (Å²) < 4.78 is 67.1. The summed E-state index contributed by atoms with van der Waals surface area (Å²) in [5.41, 5.74) is -4.95. The number of sulfonamides is 1. The Hall–Kier alpha value is -2.66. The van der Waals surface area contributed by atoms with Crippen LogP contribution in [-0.2, 0) is 33.3 Å². The Balaban J connectivity index is 1.99. The third-order valence-electron chi connectivity index (χ3n) is 5.02. The van der Waals surface area contributed by atoms with Gasteiger partial charge in [-0.1, -0.05) is 54.1 Å². The van der Waals surface area contributed by atoms with Crippen molar-refractivity contribution in [3.63, 3.8) is 0 Å². The van der Waals surface area contributed by atoms with E-state index in [-0.39, 0.29) is 29.1 Å². The molecule has 0 amide bonds. The summed E-state index contributed by atoms with van der Waals surface area (Å²) in [7, 11) is -9.95. The van der Waals surface area contributed by atoms with Crippen molar-refractivity contribution < 1.29 is 41.5 Å². The number of benzene rings is 3. The highest BCUT2D eigenvalue weighted by atomic mass is 35.5. The molecule has 0 unspecified atom stereocenters. The second kappa shape index (κ2) is 10.1. The van der Waals surface area contributed by atoms with E-state index in [1.54, 1.807) is 6.07 Å². The van der Waals surface area contributed by atoms with Gasteiger partial charge in [0.25, 0.3) is 0 Å². The van der Waals surface area contributed by atoms with Crippen LogP contribution >= 0.6 is 19.2 Å². The van der Waals surface area contributed by atoms with E-state index >= 15 is 0 Å². The highest BCUT2D eigenvalue weighted by molar-refractivity contribution is 7.89. The van der Waals surface area contributed by atoms with Gasteiger partial charge in [0.2, 0.25) is 10.0 Å². The van der Waals surface area contributed by atoms with E-state index in [1.807, 2.05) is 0 Å². The number of carbonyl (C=O) groups is 1. The standard InChI is InChI=1S/C22H19ClF2NO7PS/c23-20-12-16(8-11-19(20)22(24,25)34(29,30)31)14-26(35(32,33)18-4-2-1-3-5-18)13-15-6-9-17(10-7-15)21(27)28/h1-12H,13-14H2,(H,27,28)(H2,29,30,31). The van der Waals surface area contributed by atoms with Crippen LogP contribution in [-0.4, -0.2) is 33.6 Å². The first-order valence-electron chi connectivity index (χ1n) is 9.83. The summed E-state index contributed by atoms with van der Waals surface area (Å²) in [5, 5.41) is 8.43. The molecule has 0 heterocycles. The van der Waals surface area contributed by atoms with Crippen molar-refractivity contribution in [1.29, 1.82) is 0 Å². The highest BCUT2D eigenvalue weighted by Crippen LogP contribution is 2.60. The first-order valence-corrected chi connectivity index (χ1v) is 13.3. The lowest BCUT2D eigenvalue weighted by molar-refractivity contribution is 0.0565. The Bertz CT molecular complexity index is 1380. The van der Waals surface area contributed by atoms with Gasteiger partial charge in [0.05, 0.1) is 21.0 Å². The summed E-state index contributed by atoms with van der Waals surface area (Å²) in [6.45, 7) is -0.505. The molecule has 0 radical (unpaired) electrons. The zero-order valence-corrected chi connectivity index (χ0v) is 20.2. The molecule has 35 heavy (non-hydrogen) atoms. The van der Waals surface area contributed by atoms with Crippen molar-refractivity contribution in [3.8, 4) is 0 Å². The maximum absolute atomic E-state index is 14.1. The van der Waals surface area contributed by atoms with Gasteiger partial charge in [-0.05, 0) is 41.5 Å². The average molecular weight is 546 g/mol. The van der Waals surface area contributed by atoms with E-state index in [0.717, 1.165) is 22.5 Å². The summed E-state index contributed by atoms with van der Waals surface area (Å²) in [4.78, 5) is 29.0. The molecule has 0 saturated carbocycles. The van der Waals surface area contributed by atoms with Crippen molar-refractivity contribution in [2.45, 2.75) is 23.6 Å². The summed E-state index contributed by atoms with van der Waals surface area (Å²) in [6.07, 6.45) is 0.